The molecular formula is C18H29N3O3. The lowest BCUT2D eigenvalue weighted by Crippen LogP contribution is -2.66. The summed E-state index contributed by atoms with van der Waals surface area (Å²) >= 11 is 0. The molecule has 0 unspecified atom stereocenters. The van der Waals surface area contributed by atoms with Gasteiger partial charge in [0.1, 0.15) is 5.76 Å². The van der Waals surface area contributed by atoms with Crippen LogP contribution in [0.4, 0.5) is 10.8 Å². The Balaban J connectivity index is 1.69. The number of hydrogen-bond donors (Lipinski definition) is 1. The highest BCUT2D eigenvalue weighted by atomic mass is 16.5. The smallest absolute Gasteiger partial charge is 0.325 e. The summed E-state index contributed by atoms with van der Waals surface area (Å²) < 4.78 is 11.4. The van der Waals surface area contributed by atoms with Crippen LogP contribution in [0.5, 0.6) is 0 Å². The van der Waals surface area contributed by atoms with Gasteiger partial charge in [-0.3, -0.25) is 5.32 Å². The third-order valence-corrected chi connectivity index (χ3v) is 5.92. The third kappa shape index (κ3) is 2.92. The van der Waals surface area contributed by atoms with E-state index in [1.165, 1.54) is 19.3 Å². The highest BCUT2D eigenvalue weighted by molar-refractivity contribution is 5.87. The van der Waals surface area contributed by atoms with Gasteiger partial charge in [0.05, 0.1) is 11.8 Å². The van der Waals surface area contributed by atoms with Crippen molar-refractivity contribution in [2.75, 3.05) is 19.0 Å². The van der Waals surface area contributed by atoms with Crippen molar-refractivity contribution < 1.29 is 13.9 Å². The van der Waals surface area contributed by atoms with E-state index in [2.05, 4.69) is 10.3 Å². The van der Waals surface area contributed by atoms with E-state index >= 15 is 0 Å². The van der Waals surface area contributed by atoms with Crippen molar-refractivity contribution in [3.05, 3.63) is 11.5 Å². The van der Waals surface area contributed by atoms with Crippen molar-refractivity contribution >= 4 is 12.0 Å². The van der Waals surface area contributed by atoms with Crippen molar-refractivity contribution in [1.29, 1.82) is 0 Å². The van der Waals surface area contributed by atoms with Crippen LogP contribution in [0.25, 0.3) is 0 Å². The Kier molecular flexibility index (Phi) is 4.85. The molecule has 2 atom stereocenters. The number of rotatable bonds is 4. The number of nitrogens with one attached hydrogen (secondary N) is 1. The zero-order chi connectivity index (χ0) is 17.3. The van der Waals surface area contributed by atoms with Gasteiger partial charge in [-0.1, -0.05) is 19.3 Å². The minimum Gasteiger partial charge on any atom is -0.428 e. The highest BCUT2D eigenvalue weighted by Crippen LogP contribution is 2.55. The topological polar surface area (TPSA) is 67.6 Å². The Labute approximate surface area is 143 Å². The normalized spacial score (nSPS) is 25.3. The first kappa shape index (κ1) is 17.3. The molecule has 1 spiro atoms. The highest BCUT2D eigenvalue weighted by Gasteiger charge is 2.57. The Morgan fingerprint density at radius 2 is 2.08 bits per heavy atom. The van der Waals surface area contributed by atoms with Crippen molar-refractivity contribution in [1.82, 2.24) is 9.88 Å². The fourth-order valence-corrected chi connectivity index (χ4v) is 4.42. The van der Waals surface area contributed by atoms with Crippen LogP contribution in [-0.2, 0) is 4.74 Å². The minimum absolute atomic E-state index is 0.128. The maximum Gasteiger partial charge on any atom is 0.325 e. The van der Waals surface area contributed by atoms with E-state index in [0.29, 0.717) is 0 Å². The first-order chi connectivity index (χ1) is 11.5. The standard InChI is InChI=1S/C18H29N3O3/c1-5-23-15-11-14(18(15)9-7-6-8-10-18)21(4)17(22)20-16-19-12(2)13(3)24-16/h14-15H,5-11H2,1-4H3,(H,19,20,22)/t14-,15+/m0/s1. The van der Waals surface area contributed by atoms with Crippen LogP contribution in [-0.4, -0.2) is 41.7 Å². The Bertz CT molecular complexity index is 573. The molecule has 1 N–H and O–H groups in total. The summed E-state index contributed by atoms with van der Waals surface area (Å²) in [5, 5.41) is 2.79. The summed E-state index contributed by atoms with van der Waals surface area (Å²) in [5.41, 5.74) is 0.930. The second kappa shape index (κ2) is 6.75. The number of anilines is 1. The van der Waals surface area contributed by atoms with Crippen LogP contribution in [0, 0.1) is 19.3 Å². The molecule has 2 fully saturated rings. The largest absolute Gasteiger partial charge is 0.428 e. The molecule has 2 aliphatic carbocycles. The number of carbonyl (C=O) groups excluding carboxylic acids is 1. The van der Waals surface area contributed by atoms with Crippen LogP contribution in [0.2, 0.25) is 0 Å². The fourth-order valence-electron chi connectivity index (χ4n) is 4.42. The van der Waals surface area contributed by atoms with Gasteiger partial charge in [0, 0.05) is 25.1 Å². The third-order valence-electron chi connectivity index (χ3n) is 5.92. The Morgan fingerprint density at radius 1 is 1.38 bits per heavy atom. The van der Waals surface area contributed by atoms with Gasteiger partial charge in [-0.05, 0) is 40.0 Å². The van der Waals surface area contributed by atoms with Crippen LogP contribution >= 0.6 is 0 Å². The Morgan fingerprint density at radius 3 is 2.67 bits per heavy atom. The molecule has 2 amide bonds. The number of aryl methyl sites for hydroxylation is 2. The predicted molar refractivity (Wildman–Crippen MR) is 92.1 cm³/mol. The van der Waals surface area contributed by atoms with Gasteiger partial charge in [0.15, 0.2) is 0 Å². The summed E-state index contributed by atoms with van der Waals surface area (Å²) in [6.07, 6.45) is 7.25. The average molecular weight is 335 g/mol. The monoisotopic (exact) mass is 335 g/mol. The summed E-state index contributed by atoms with van der Waals surface area (Å²) in [6, 6.07) is 0.355. The maximum absolute atomic E-state index is 12.6. The van der Waals surface area contributed by atoms with Gasteiger partial charge in [0.25, 0.3) is 0 Å². The Hall–Kier alpha value is -1.56. The minimum atomic E-state index is -0.152. The number of carbonyl (C=O) groups is 1. The molecule has 0 bridgehead atoms. The van der Waals surface area contributed by atoms with Crippen molar-refractivity contribution in [2.24, 2.45) is 5.41 Å². The zero-order valence-corrected chi connectivity index (χ0v) is 15.2. The molecule has 1 aromatic heterocycles. The van der Waals surface area contributed by atoms with E-state index in [0.717, 1.165) is 37.3 Å². The van der Waals surface area contributed by atoms with E-state index in [9.17, 15) is 4.79 Å². The van der Waals surface area contributed by atoms with Crippen molar-refractivity contribution in [3.8, 4) is 0 Å². The van der Waals surface area contributed by atoms with Crippen LogP contribution in [0.15, 0.2) is 4.42 Å². The number of aromatic nitrogens is 1. The van der Waals surface area contributed by atoms with E-state index in [-0.39, 0.29) is 29.6 Å². The van der Waals surface area contributed by atoms with Crippen molar-refractivity contribution in [2.45, 2.75) is 71.4 Å². The first-order valence-electron chi connectivity index (χ1n) is 9.07. The fraction of sp³-hybridized carbons (Fsp3) is 0.778. The van der Waals surface area contributed by atoms with Crippen LogP contribution < -0.4 is 5.32 Å². The lowest BCUT2D eigenvalue weighted by atomic mass is 9.54. The van der Waals surface area contributed by atoms with E-state index in [1.807, 2.05) is 32.7 Å². The lowest BCUT2D eigenvalue weighted by molar-refractivity contribution is -0.169. The quantitative estimate of drug-likeness (QED) is 0.906. The van der Waals surface area contributed by atoms with Gasteiger partial charge in [-0.15, -0.1) is 0 Å². The number of nitrogens with zero attached hydrogens (tertiary/aromatic N) is 2. The molecule has 134 valence electrons. The molecule has 2 saturated carbocycles. The summed E-state index contributed by atoms with van der Waals surface area (Å²) in [5.74, 6) is 0.733. The molecule has 1 heterocycles. The lowest BCUT2D eigenvalue weighted by Gasteiger charge is -2.59. The molecule has 0 aliphatic heterocycles. The van der Waals surface area contributed by atoms with Gasteiger partial charge >= 0.3 is 12.0 Å². The maximum atomic E-state index is 12.6. The molecule has 0 radical (unpaired) electrons. The van der Waals surface area contributed by atoms with Gasteiger partial charge in [-0.25, -0.2) is 4.79 Å². The van der Waals surface area contributed by atoms with Crippen LogP contribution in [0.3, 0.4) is 0 Å². The molecule has 2 aliphatic rings. The summed E-state index contributed by atoms with van der Waals surface area (Å²) in [4.78, 5) is 18.7. The molecule has 0 saturated heterocycles. The van der Waals surface area contributed by atoms with E-state index < -0.39 is 0 Å². The van der Waals surface area contributed by atoms with Gasteiger partial charge in [0.2, 0.25) is 0 Å². The number of hydrogen-bond acceptors (Lipinski definition) is 4. The second-order valence-corrected chi connectivity index (χ2v) is 7.19. The number of urea groups is 1. The molecule has 0 aromatic carbocycles. The first-order valence-corrected chi connectivity index (χ1v) is 9.07. The average Bonchev–Trinajstić information content (AvgIpc) is 2.89. The van der Waals surface area contributed by atoms with Gasteiger partial charge in [-0.2, -0.15) is 4.98 Å². The number of amides is 2. The SMILES string of the molecule is CCO[C@@H]1C[C@H](N(C)C(=O)Nc2nc(C)c(C)o2)C12CCCCC2. The number of oxazole rings is 1. The van der Waals surface area contributed by atoms with Crippen LogP contribution in [0.1, 0.15) is 56.9 Å². The molecule has 6 nitrogen and oxygen atoms in total. The molecule has 6 heteroatoms. The van der Waals surface area contributed by atoms with E-state index in [4.69, 9.17) is 9.15 Å². The summed E-state index contributed by atoms with van der Waals surface area (Å²) in [7, 11) is 1.88. The molecular weight excluding hydrogens is 306 g/mol. The van der Waals surface area contributed by atoms with Crippen molar-refractivity contribution in [3.63, 3.8) is 0 Å². The van der Waals surface area contributed by atoms with Gasteiger partial charge < -0.3 is 14.1 Å². The number of ether oxygens (including phenoxy) is 1. The summed E-state index contributed by atoms with van der Waals surface area (Å²) in [6.45, 7) is 6.50. The van der Waals surface area contributed by atoms with E-state index in [1.54, 1.807) is 0 Å². The predicted octanol–water partition coefficient (Wildman–Crippen LogP) is 3.88. The second-order valence-electron chi connectivity index (χ2n) is 7.19. The molecule has 24 heavy (non-hydrogen) atoms. The molecule has 1 aromatic rings. The zero-order valence-electron chi connectivity index (χ0n) is 15.2. The molecule has 3 rings (SSSR count).